The fourth-order valence-corrected chi connectivity index (χ4v) is 2.80. The van der Waals surface area contributed by atoms with E-state index >= 15 is 0 Å². The van der Waals surface area contributed by atoms with Gasteiger partial charge in [-0.05, 0) is 26.3 Å². The van der Waals surface area contributed by atoms with E-state index in [4.69, 9.17) is 9.47 Å². The highest BCUT2D eigenvalue weighted by molar-refractivity contribution is 5.99. The van der Waals surface area contributed by atoms with Crippen LogP contribution in [-0.2, 0) is 11.3 Å². The molecule has 0 atom stereocenters. The summed E-state index contributed by atoms with van der Waals surface area (Å²) in [5.41, 5.74) is 2.92. The van der Waals surface area contributed by atoms with E-state index in [1.165, 1.54) is 6.20 Å². The molecular weight excluding hydrogens is 318 g/mol. The van der Waals surface area contributed by atoms with Crippen molar-refractivity contribution in [3.05, 3.63) is 53.3 Å². The fraction of sp³-hybridized carbons (Fsp3) is 0.316. The monoisotopic (exact) mass is 339 g/mol. The van der Waals surface area contributed by atoms with Crippen molar-refractivity contribution < 1.29 is 14.3 Å². The number of rotatable bonds is 6. The Kier molecular flexibility index (Phi) is 4.97. The van der Waals surface area contributed by atoms with E-state index < -0.39 is 5.97 Å². The third-order valence-corrected chi connectivity index (χ3v) is 3.85. The molecule has 0 aliphatic rings. The Hall–Kier alpha value is -2.89. The summed E-state index contributed by atoms with van der Waals surface area (Å²) in [5, 5.41) is 5.35. The van der Waals surface area contributed by atoms with Crippen molar-refractivity contribution in [2.24, 2.45) is 0 Å². The molecule has 0 saturated heterocycles. The number of carbonyl (C=O) groups is 1. The van der Waals surface area contributed by atoms with Crippen LogP contribution in [0.3, 0.4) is 0 Å². The number of hydrogen-bond donors (Lipinski definition) is 0. The molecule has 3 rings (SSSR count). The number of esters is 1. The van der Waals surface area contributed by atoms with Crippen molar-refractivity contribution in [1.29, 1.82) is 0 Å². The molecule has 2 heterocycles. The minimum atomic E-state index is -0.435. The third-order valence-electron chi connectivity index (χ3n) is 3.85. The lowest BCUT2D eigenvalue weighted by Gasteiger charge is -2.11. The first-order valence-corrected chi connectivity index (χ1v) is 8.35. The molecule has 0 N–H and O–H groups in total. The second-order valence-corrected chi connectivity index (χ2v) is 5.58. The summed E-state index contributed by atoms with van der Waals surface area (Å²) in [7, 11) is 0. The minimum Gasteiger partial charge on any atom is -0.492 e. The van der Waals surface area contributed by atoms with E-state index in [9.17, 15) is 4.79 Å². The van der Waals surface area contributed by atoms with Gasteiger partial charge in [0.1, 0.15) is 11.3 Å². The summed E-state index contributed by atoms with van der Waals surface area (Å²) < 4.78 is 12.7. The first-order valence-electron chi connectivity index (χ1n) is 8.35. The average molecular weight is 339 g/mol. The maximum Gasteiger partial charge on any atom is 0.343 e. The van der Waals surface area contributed by atoms with Crippen LogP contribution in [-0.4, -0.2) is 33.9 Å². The predicted octanol–water partition coefficient (Wildman–Crippen LogP) is 3.36. The van der Waals surface area contributed by atoms with Crippen LogP contribution >= 0.6 is 0 Å². The van der Waals surface area contributed by atoms with E-state index in [2.05, 4.69) is 10.1 Å². The first-order chi connectivity index (χ1) is 12.2. The van der Waals surface area contributed by atoms with Gasteiger partial charge in [-0.1, -0.05) is 30.3 Å². The molecule has 0 amide bonds. The van der Waals surface area contributed by atoms with Gasteiger partial charge in [0.15, 0.2) is 5.65 Å². The maximum absolute atomic E-state index is 12.2. The quantitative estimate of drug-likeness (QED) is 0.644. The Bertz CT molecular complexity index is 888. The normalized spacial score (nSPS) is 10.8. The number of nitrogens with zero attached hydrogens (tertiary/aromatic N) is 3. The summed E-state index contributed by atoms with van der Waals surface area (Å²) in [6.45, 7) is 6.88. The van der Waals surface area contributed by atoms with E-state index in [1.54, 1.807) is 6.92 Å². The summed E-state index contributed by atoms with van der Waals surface area (Å²) in [4.78, 5) is 16.7. The zero-order valence-corrected chi connectivity index (χ0v) is 14.7. The van der Waals surface area contributed by atoms with Gasteiger partial charge < -0.3 is 9.47 Å². The van der Waals surface area contributed by atoms with Crippen molar-refractivity contribution in [2.75, 3.05) is 13.2 Å². The number of ether oxygens (including phenoxy) is 2. The molecule has 0 fully saturated rings. The van der Waals surface area contributed by atoms with Gasteiger partial charge in [0.05, 0.1) is 30.8 Å². The molecule has 6 heteroatoms. The Balaban J connectivity index is 2.11. The maximum atomic E-state index is 12.2. The van der Waals surface area contributed by atoms with Crippen LogP contribution in [0.5, 0.6) is 5.75 Å². The number of fused-ring (bicyclic) bond motifs is 1. The molecule has 0 bridgehead atoms. The number of aromatic nitrogens is 3. The van der Waals surface area contributed by atoms with Crippen molar-refractivity contribution in [3.8, 4) is 5.75 Å². The fourth-order valence-electron chi connectivity index (χ4n) is 2.80. The Morgan fingerprint density at radius 2 is 1.92 bits per heavy atom. The van der Waals surface area contributed by atoms with Crippen LogP contribution in [0.2, 0.25) is 0 Å². The molecule has 1 aromatic carbocycles. The summed E-state index contributed by atoms with van der Waals surface area (Å²) >= 11 is 0. The summed E-state index contributed by atoms with van der Waals surface area (Å²) in [6, 6.07) is 10.0. The molecule has 0 radical (unpaired) electrons. The van der Waals surface area contributed by atoms with E-state index in [1.807, 2.05) is 48.9 Å². The highest BCUT2D eigenvalue weighted by atomic mass is 16.5. The van der Waals surface area contributed by atoms with Gasteiger partial charge in [0.2, 0.25) is 0 Å². The van der Waals surface area contributed by atoms with E-state index in [0.29, 0.717) is 36.7 Å². The second kappa shape index (κ2) is 7.34. The molecule has 6 nitrogen and oxygen atoms in total. The van der Waals surface area contributed by atoms with Gasteiger partial charge in [-0.15, -0.1) is 0 Å². The highest BCUT2D eigenvalue weighted by Gasteiger charge is 2.22. The second-order valence-electron chi connectivity index (χ2n) is 5.58. The van der Waals surface area contributed by atoms with Crippen molar-refractivity contribution in [3.63, 3.8) is 0 Å². The highest BCUT2D eigenvalue weighted by Crippen LogP contribution is 2.32. The Morgan fingerprint density at radius 3 is 2.60 bits per heavy atom. The van der Waals surface area contributed by atoms with E-state index in [-0.39, 0.29) is 0 Å². The van der Waals surface area contributed by atoms with Crippen LogP contribution in [0, 0.1) is 6.92 Å². The summed E-state index contributed by atoms with van der Waals surface area (Å²) in [6.07, 6.45) is 1.51. The third kappa shape index (κ3) is 3.33. The van der Waals surface area contributed by atoms with Crippen molar-refractivity contribution in [2.45, 2.75) is 27.3 Å². The first kappa shape index (κ1) is 17.0. The van der Waals surface area contributed by atoms with Crippen LogP contribution in [0.25, 0.3) is 11.0 Å². The zero-order chi connectivity index (χ0) is 17.8. The lowest BCUT2D eigenvalue weighted by molar-refractivity contribution is 0.0522. The standard InChI is InChI=1S/C19H21N3O3/c1-4-24-17-15(19(23)25-5-2)11-20-18-16(17)13(3)21-22(18)12-14-9-7-6-8-10-14/h6-11H,4-5,12H2,1-3H3. The number of benzene rings is 1. The van der Waals surface area contributed by atoms with Crippen LogP contribution < -0.4 is 4.74 Å². The van der Waals surface area contributed by atoms with Gasteiger partial charge >= 0.3 is 5.97 Å². The summed E-state index contributed by atoms with van der Waals surface area (Å²) in [5.74, 6) is 0.0540. The molecule has 25 heavy (non-hydrogen) atoms. The molecular formula is C19H21N3O3. The van der Waals surface area contributed by atoms with E-state index in [0.717, 1.165) is 16.6 Å². The molecule has 0 spiro atoms. The van der Waals surface area contributed by atoms with Crippen LogP contribution in [0.15, 0.2) is 36.5 Å². The smallest absolute Gasteiger partial charge is 0.343 e. The van der Waals surface area contributed by atoms with Gasteiger partial charge in [0, 0.05) is 6.20 Å². The van der Waals surface area contributed by atoms with Crippen LogP contribution in [0.4, 0.5) is 0 Å². The number of hydrogen-bond acceptors (Lipinski definition) is 5. The average Bonchev–Trinajstić information content (AvgIpc) is 2.92. The molecule has 0 unspecified atom stereocenters. The molecule has 0 aliphatic carbocycles. The topological polar surface area (TPSA) is 66.2 Å². The van der Waals surface area contributed by atoms with Gasteiger partial charge in [-0.3, -0.25) is 0 Å². The lowest BCUT2D eigenvalue weighted by Crippen LogP contribution is -2.09. The van der Waals surface area contributed by atoms with Gasteiger partial charge in [-0.2, -0.15) is 5.10 Å². The number of carbonyl (C=O) groups excluding carboxylic acids is 1. The largest absolute Gasteiger partial charge is 0.492 e. The van der Waals surface area contributed by atoms with Crippen LogP contribution in [0.1, 0.15) is 35.5 Å². The number of pyridine rings is 1. The molecule has 3 aromatic rings. The van der Waals surface area contributed by atoms with Gasteiger partial charge in [0.25, 0.3) is 0 Å². The Morgan fingerprint density at radius 1 is 1.16 bits per heavy atom. The molecule has 130 valence electrons. The number of aryl methyl sites for hydroxylation is 1. The van der Waals surface area contributed by atoms with Gasteiger partial charge in [-0.25, -0.2) is 14.5 Å². The zero-order valence-electron chi connectivity index (χ0n) is 14.7. The lowest BCUT2D eigenvalue weighted by atomic mass is 10.1. The molecule has 2 aromatic heterocycles. The minimum absolute atomic E-state index is 0.300. The SMILES string of the molecule is CCOC(=O)c1cnc2c(c(C)nn2Cc2ccccc2)c1OCC. The van der Waals surface area contributed by atoms with Crippen molar-refractivity contribution >= 4 is 17.0 Å². The molecule has 0 saturated carbocycles. The molecule has 0 aliphatic heterocycles. The van der Waals surface area contributed by atoms with Crippen molar-refractivity contribution in [1.82, 2.24) is 14.8 Å². The Labute approximate surface area is 146 Å². The predicted molar refractivity (Wildman–Crippen MR) is 94.9 cm³/mol.